The van der Waals surface area contributed by atoms with Crippen LogP contribution in [0.4, 0.5) is 0 Å². The number of ether oxygens (including phenoxy) is 6. The fourth-order valence-corrected chi connectivity index (χ4v) is 4.94. The van der Waals surface area contributed by atoms with Crippen LogP contribution in [0.2, 0.25) is 0 Å². The number of hydrogen-bond donors (Lipinski definition) is 8. The maximum Gasteiger partial charge on any atom is 0.217 e. The molecule has 254 valence electrons. The first-order valence-electron chi connectivity index (χ1n) is 15.2. The minimum Gasteiger partial charge on any atom is -0.394 e. The normalized spacial score (nSPS) is 34.6. The van der Waals surface area contributed by atoms with E-state index in [-0.39, 0.29) is 26.4 Å². The molecule has 0 aromatic rings. The first-order chi connectivity index (χ1) is 20.5. The Morgan fingerprint density at radius 2 is 1.49 bits per heavy atom. The van der Waals surface area contributed by atoms with E-state index < -0.39 is 92.7 Å². The van der Waals surface area contributed by atoms with E-state index in [1.807, 2.05) is 0 Å². The van der Waals surface area contributed by atoms with Gasteiger partial charge in [0.15, 0.2) is 12.6 Å². The standard InChI is InChI=1S/C28H53NO14/c1-4-5-6-7-8-9-10-39-27-21(29-17(3)32)26(43-28-24(37)23(36)22(35)16(2)41-28)25(40-14-19(34)12-31)20(42-27)15-38-13-18(33)11-30/h16,18-28,30-31,33-37H,4-15H2,1-3H3,(H,29,32)/t16-,18+,19+,20+,21+,22+,23+,24-,25+,26+,27-,28-/m0/s1. The third kappa shape index (κ3) is 12.3. The summed E-state index contributed by atoms with van der Waals surface area (Å²) >= 11 is 0. The first kappa shape index (κ1) is 38.1. The lowest BCUT2D eigenvalue weighted by Gasteiger charge is -2.48. The fourth-order valence-electron chi connectivity index (χ4n) is 4.94. The van der Waals surface area contributed by atoms with E-state index in [1.165, 1.54) is 13.8 Å². The summed E-state index contributed by atoms with van der Waals surface area (Å²) in [6.07, 6.45) is -7.81. The van der Waals surface area contributed by atoms with Gasteiger partial charge in [-0.25, -0.2) is 0 Å². The molecule has 0 aromatic heterocycles. The van der Waals surface area contributed by atoms with E-state index in [9.17, 15) is 35.4 Å². The Morgan fingerprint density at radius 3 is 2.14 bits per heavy atom. The largest absolute Gasteiger partial charge is 0.394 e. The Morgan fingerprint density at radius 1 is 0.837 bits per heavy atom. The highest BCUT2D eigenvalue weighted by Crippen LogP contribution is 2.32. The predicted octanol–water partition coefficient (Wildman–Crippen LogP) is -2.09. The van der Waals surface area contributed by atoms with Gasteiger partial charge in [0.2, 0.25) is 5.91 Å². The molecule has 15 nitrogen and oxygen atoms in total. The summed E-state index contributed by atoms with van der Waals surface area (Å²) in [7, 11) is 0. The Hall–Kier alpha value is -1.05. The van der Waals surface area contributed by atoms with E-state index in [0.29, 0.717) is 0 Å². The summed E-state index contributed by atoms with van der Waals surface area (Å²) in [6, 6.07) is -1.04. The van der Waals surface area contributed by atoms with Gasteiger partial charge in [-0.05, 0) is 13.3 Å². The van der Waals surface area contributed by atoms with Gasteiger partial charge in [-0.3, -0.25) is 4.79 Å². The molecule has 2 saturated heterocycles. The van der Waals surface area contributed by atoms with Crippen molar-refractivity contribution in [1.29, 1.82) is 0 Å². The summed E-state index contributed by atoms with van der Waals surface area (Å²) in [5, 5.41) is 72.3. The Kier molecular flexibility index (Phi) is 17.9. The third-order valence-corrected chi connectivity index (χ3v) is 7.39. The Labute approximate surface area is 253 Å². The zero-order valence-electron chi connectivity index (χ0n) is 25.4. The number of aliphatic hydroxyl groups is 7. The van der Waals surface area contributed by atoms with Gasteiger partial charge in [-0.1, -0.05) is 39.0 Å². The van der Waals surface area contributed by atoms with Crippen molar-refractivity contribution in [2.24, 2.45) is 0 Å². The summed E-state index contributed by atoms with van der Waals surface area (Å²) in [5.41, 5.74) is 0. The van der Waals surface area contributed by atoms with Gasteiger partial charge >= 0.3 is 0 Å². The van der Waals surface area contributed by atoms with Gasteiger partial charge in [-0.2, -0.15) is 0 Å². The van der Waals surface area contributed by atoms with E-state index in [0.717, 1.165) is 38.5 Å². The second-order valence-electron chi connectivity index (χ2n) is 11.2. The van der Waals surface area contributed by atoms with Crippen molar-refractivity contribution in [1.82, 2.24) is 5.32 Å². The highest BCUT2D eigenvalue weighted by atomic mass is 16.7. The highest BCUT2D eigenvalue weighted by Gasteiger charge is 2.52. The number of carbonyl (C=O) groups is 1. The first-order valence-corrected chi connectivity index (χ1v) is 15.2. The smallest absolute Gasteiger partial charge is 0.217 e. The third-order valence-electron chi connectivity index (χ3n) is 7.39. The van der Waals surface area contributed by atoms with Gasteiger partial charge in [0.05, 0.1) is 39.1 Å². The lowest BCUT2D eigenvalue weighted by Crippen LogP contribution is -2.68. The van der Waals surface area contributed by atoms with E-state index >= 15 is 0 Å². The molecule has 0 spiro atoms. The molecule has 2 aliphatic rings. The number of carbonyl (C=O) groups excluding carboxylic acids is 1. The Balaban J connectivity index is 2.36. The van der Waals surface area contributed by atoms with Crippen LogP contribution in [0.25, 0.3) is 0 Å². The molecular formula is C28H53NO14. The Bertz CT molecular complexity index is 765. The van der Waals surface area contributed by atoms with Crippen molar-refractivity contribution >= 4 is 5.91 Å². The topological polar surface area (TPSA) is 226 Å². The van der Waals surface area contributed by atoms with Gasteiger partial charge in [-0.15, -0.1) is 0 Å². The van der Waals surface area contributed by atoms with Crippen molar-refractivity contribution in [3.05, 3.63) is 0 Å². The molecule has 0 aromatic carbocycles. The van der Waals surface area contributed by atoms with Crippen LogP contribution >= 0.6 is 0 Å². The second-order valence-corrected chi connectivity index (χ2v) is 11.2. The summed E-state index contributed by atoms with van der Waals surface area (Å²) in [5.74, 6) is -0.459. The monoisotopic (exact) mass is 627 g/mol. The molecule has 2 rings (SSSR count). The van der Waals surface area contributed by atoms with E-state index in [4.69, 9.17) is 33.5 Å². The second kappa shape index (κ2) is 20.2. The number of unbranched alkanes of at least 4 members (excludes halogenated alkanes) is 5. The van der Waals surface area contributed by atoms with Gasteiger partial charge < -0.3 is 69.5 Å². The van der Waals surface area contributed by atoms with Crippen LogP contribution in [0.3, 0.4) is 0 Å². The molecule has 2 aliphatic heterocycles. The number of aliphatic hydroxyl groups excluding tert-OH is 7. The van der Waals surface area contributed by atoms with Crippen LogP contribution in [0.1, 0.15) is 59.3 Å². The number of nitrogens with one attached hydrogen (secondary N) is 1. The molecule has 0 bridgehead atoms. The summed E-state index contributed by atoms with van der Waals surface area (Å²) < 4.78 is 35.6. The fraction of sp³-hybridized carbons (Fsp3) is 0.964. The maximum absolute atomic E-state index is 12.3. The molecule has 0 unspecified atom stereocenters. The van der Waals surface area contributed by atoms with Crippen molar-refractivity contribution in [2.75, 3.05) is 39.6 Å². The summed E-state index contributed by atoms with van der Waals surface area (Å²) in [6.45, 7) is 3.25. The maximum atomic E-state index is 12.3. The molecule has 8 N–H and O–H groups in total. The van der Waals surface area contributed by atoms with Gasteiger partial charge in [0.25, 0.3) is 0 Å². The SMILES string of the molecule is CCCCCCCCO[C@H]1O[C@H](COC[C@H](O)CO)[C@@H](OC[C@H](O)CO)[C@H](O[C@@H]2O[C@@H](C)[C@@H](O)[C@@H](O)[C@@H]2O)[C@H]1NC(C)=O. The van der Waals surface area contributed by atoms with E-state index in [1.54, 1.807) is 0 Å². The van der Waals surface area contributed by atoms with Crippen molar-refractivity contribution < 1.29 is 69.0 Å². The lowest BCUT2D eigenvalue weighted by molar-refractivity contribution is -0.346. The van der Waals surface area contributed by atoms with Crippen LogP contribution in [0.5, 0.6) is 0 Å². The molecule has 15 heteroatoms. The minimum absolute atomic E-state index is 0.202. The van der Waals surface area contributed by atoms with Crippen LogP contribution in [-0.4, -0.2) is 155 Å². The van der Waals surface area contributed by atoms with Crippen LogP contribution in [0, 0.1) is 0 Å². The van der Waals surface area contributed by atoms with Crippen LogP contribution < -0.4 is 5.32 Å². The van der Waals surface area contributed by atoms with E-state index in [2.05, 4.69) is 12.2 Å². The van der Waals surface area contributed by atoms with Crippen molar-refractivity contribution in [3.8, 4) is 0 Å². The van der Waals surface area contributed by atoms with Gasteiger partial charge in [0.1, 0.15) is 54.9 Å². The number of amides is 1. The molecule has 0 aliphatic carbocycles. The molecule has 0 saturated carbocycles. The number of hydrogen-bond acceptors (Lipinski definition) is 14. The predicted molar refractivity (Wildman–Crippen MR) is 150 cm³/mol. The molecule has 1 amide bonds. The summed E-state index contributed by atoms with van der Waals surface area (Å²) in [4.78, 5) is 12.3. The molecule has 43 heavy (non-hydrogen) atoms. The average Bonchev–Trinajstić information content (AvgIpc) is 2.98. The molecule has 12 atom stereocenters. The van der Waals surface area contributed by atoms with Crippen LogP contribution in [-0.2, 0) is 33.2 Å². The molecular weight excluding hydrogens is 574 g/mol. The lowest BCUT2D eigenvalue weighted by atomic mass is 9.95. The average molecular weight is 628 g/mol. The van der Waals surface area contributed by atoms with Crippen molar-refractivity contribution in [3.63, 3.8) is 0 Å². The molecule has 2 fully saturated rings. The molecule has 2 heterocycles. The van der Waals surface area contributed by atoms with Gasteiger partial charge in [0, 0.05) is 13.5 Å². The zero-order valence-corrected chi connectivity index (χ0v) is 25.4. The molecule has 0 radical (unpaired) electrons. The quantitative estimate of drug-likeness (QED) is 0.0678. The van der Waals surface area contributed by atoms with Crippen LogP contribution in [0.15, 0.2) is 0 Å². The minimum atomic E-state index is -1.67. The highest BCUT2D eigenvalue weighted by molar-refractivity contribution is 5.73. The number of rotatable bonds is 20. The zero-order chi connectivity index (χ0) is 31.9. The van der Waals surface area contributed by atoms with Crippen molar-refractivity contribution in [2.45, 2.75) is 133 Å².